The second kappa shape index (κ2) is 5.80. The van der Waals surface area contributed by atoms with Gasteiger partial charge in [-0.15, -0.1) is 0 Å². The fraction of sp³-hybridized carbons (Fsp3) is 0.0714. The molecule has 1 aromatic carbocycles. The number of benzene rings is 1. The Morgan fingerprint density at radius 1 is 1.40 bits per heavy atom. The third-order valence-electron chi connectivity index (χ3n) is 2.56. The molecule has 0 aliphatic rings. The van der Waals surface area contributed by atoms with E-state index < -0.39 is 11.7 Å². The summed E-state index contributed by atoms with van der Waals surface area (Å²) in [5, 5.41) is 11.1. The van der Waals surface area contributed by atoms with E-state index in [4.69, 9.17) is 11.0 Å². The van der Waals surface area contributed by atoms with Crippen molar-refractivity contribution >= 4 is 17.3 Å². The number of hydrogen-bond acceptors (Lipinski definition) is 4. The highest BCUT2D eigenvalue weighted by Crippen LogP contribution is 2.15. The first-order valence-corrected chi connectivity index (χ1v) is 5.78. The smallest absolute Gasteiger partial charge is 0.230 e. The molecule has 3 N–H and O–H groups in total. The van der Waals surface area contributed by atoms with Crippen molar-refractivity contribution in [3.8, 4) is 6.07 Å². The highest BCUT2D eigenvalue weighted by molar-refractivity contribution is 5.92. The molecule has 0 spiro atoms. The van der Waals surface area contributed by atoms with Crippen LogP contribution in [0.25, 0.3) is 0 Å². The summed E-state index contributed by atoms with van der Waals surface area (Å²) in [6, 6.07) is 8.93. The first-order valence-electron chi connectivity index (χ1n) is 5.78. The molecule has 5 nitrogen and oxygen atoms in total. The van der Waals surface area contributed by atoms with Crippen molar-refractivity contribution < 1.29 is 9.18 Å². The van der Waals surface area contributed by atoms with Crippen LogP contribution in [0.4, 0.5) is 15.8 Å². The lowest BCUT2D eigenvalue weighted by Crippen LogP contribution is -2.16. The molecule has 0 atom stereocenters. The number of carbonyl (C=O) groups is 1. The van der Waals surface area contributed by atoms with Crippen LogP contribution in [-0.2, 0) is 11.2 Å². The van der Waals surface area contributed by atoms with Gasteiger partial charge in [0.2, 0.25) is 5.91 Å². The van der Waals surface area contributed by atoms with Gasteiger partial charge in [0, 0.05) is 5.69 Å². The zero-order valence-electron chi connectivity index (χ0n) is 10.4. The topological polar surface area (TPSA) is 91.8 Å². The third-order valence-corrected chi connectivity index (χ3v) is 2.56. The Morgan fingerprint density at radius 3 is 2.80 bits per heavy atom. The average Bonchev–Trinajstić information content (AvgIpc) is 2.43. The maximum Gasteiger partial charge on any atom is 0.230 e. The molecule has 1 amide bonds. The van der Waals surface area contributed by atoms with Crippen molar-refractivity contribution in [1.82, 2.24) is 4.98 Å². The number of nitrogens with zero attached hydrogens (tertiary/aromatic N) is 2. The number of carbonyl (C=O) groups excluding carboxylic acids is 1. The number of pyridine rings is 1. The first-order chi connectivity index (χ1) is 9.58. The van der Waals surface area contributed by atoms with Crippen molar-refractivity contribution in [2.75, 3.05) is 11.1 Å². The van der Waals surface area contributed by atoms with E-state index in [1.807, 2.05) is 6.07 Å². The largest absolute Gasteiger partial charge is 0.397 e. The van der Waals surface area contributed by atoms with E-state index in [0.717, 1.165) is 6.07 Å². The lowest BCUT2D eigenvalue weighted by molar-refractivity contribution is -0.115. The predicted octanol–water partition coefficient (Wildman–Crippen LogP) is 1.86. The molecule has 0 unspecified atom stereocenters. The van der Waals surface area contributed by atoms with Crippen LogP contribution < -0.4 is 11.1 Å². The Bertz CT molecular complexity index is 677. The van der Waals surface area contributed by atoms with E-state index in [0.29, 0.717) is 11.4 Å². The number of nitrogens with two attached hydrogens (primary N) is 1. The summed E-state index contributed by atoms with van der Waals surface area (Å²) in [7, 11) is 0. The van der Waals surface area contributed by atoms with Gasteiger partial charge in [0.1, 0.15) is 5.82 Å². The minimum absolute atomic E-state index is 0.0136. The first kappa shape index (κ1) is 13.5. The summed E-state index contributed by atoms with van der Waals surface area (Å²) < 4.78 is 13.6. The Hall–Kier alpha value is -2.94. The summed E-state index contributed by atoms with van der Waals surface area (Å²) in [4.78, 5) is 15.7. The van der Waals surface area contributed by atoms with Crippen LogP contribution in [0, 0.1) is 17.1 Å². The summed E-state index contributed by atoms with van der Waals surface area (Å²) in [6.45, 7) is 0. The minimum atomic E-state index is -0.650. The van der Waals surface area contributed by atoms with E-state index in [1.54, 1.807) is 12.1 Å². The predicted molar refractivity (Wildman–Crippen MR) is 72.1 cm³/mol. The van der Waals surface area contributed by atoms with Gasteiger partial charge in [-0.2, -0.15) is 5.26 Å². The maximum atomic E-state index is 13.6. The van der Waals surface area contributed by atoms with E-state index in [-0.39, 0.29) is 17.7 Å². The zero-order valence-corrected chi connectivity index (χ0v) is 10.4. The minimum Gasteiger partial charge on any atom is -0.397 e. The summed E-state index contributed by atoms with van der Waals surface area (Å²) >= 11 is 0. The maximum absolute atomic E-state index is 13.6. The molecule has 1 aromatic heterocycles. The average molecular weight is 270 g/mol. The molecule has 1 heterocycles. The lowest BCUT2D eigenvalue weighted by Gasteiger charge is -2.06. The number of anilines is 2. The Balaban J connectivity index is 2.05. The van der Waals surface area contributed by atoms with Gasteiger partial charge < -0.3 is 11.1 Å². The molecule has 0 aliphatic carbocycles. The normalized spacial score (nSPS) is 9.80. The summed E-state index contributed by atoms with van der Waals surface area (Å²) in [5.41, 5.74) is 6.76. The number of rotatable bonds is 3. The van der Waals surface area contributed by atoms with E-state index >= 15 is 0 Å². The van der Waals surface area contributed by atoms with E-state index in [1.165, 1.54) is 18.3 Å². The molecule has 0 fully saturated rings. The van der Waals surface area contributed by atoms with Gasteiger partial charge in [0.25, 0.3) is 0 Å². The standard InChI is InChI=1S/C14H11FN4O/c15-12-5-9(7-16)1-4-13(12)19-14(20)6-11-3-2-10(17)8-18-11/h1-5,8H,6,17H2,(H,19,20). The molecule has 0 radical (unpaired) electrons. The number of aromatic nitrogens is 1. The zero-order chi connectivity index (χ0) is 14.5. The van der Waals surface area contributed by atoms with Crippen LogP contribution in [0.1, 0.15) is 11.3 Å². The molecule has 0 bridgehead atoms. The van der Waals surface area contributed by atoms with Gasteiger partial charge in [0.15, 0.2) is 0 Å². The van der Waals surface area contributed by atoms with Crippen molar-refractivity contribution in [2.24, 2.45) is 0 Å². The number of halogens is 1. The Morgan fingerprint density at radius 2 is 2.20 bits per heavy atom. The van der Waals surface area contributed by atoms with Crippen LogP contribution in [-0.4, -0.2) is 10.9 Å². The fourth-order valence-corrected chi connectivity index (χ4v) is 1.59. The second-order valence-electron chi connectivity index (χ2n) is 4.11. The van der Waals surface area contributed by atoms with E-state index in [9.17, 15) is 9.18 Å². The number of amides is 1. The molecule has 2 aromatic rings. The van der Waals surface area contributed by atoms with Crippen LogP contribution in [0.2, 0.25) is 0 Å². The third kappa shape index (κ3) is 3.29. The van der Waals surface area contributed by atoms with E-state index in [2.05, 4.69) is 10.3 Å². The van der Waals surface area contributed by atoms with Gasteiger partial charge in [-0.05, 0) is 30.3 Å². The monoisotopic (exact) mass is 270 g/mol. The molecule has 0 aliphatic heterocycles. The summed E-state index contributed by atoms with van der Waals surface area (Å²) in [5.74, 6) is -1.05. The van der Waals surface area contributed by atoms with Crippen LogP contribution in [0.3, 0.4) is 0 Å². The lowest BCUT2D eigenvalue weighted by atomic mass is 10.2. The van der Waals surface area contributed by atoms with Gasteiger partial charge >= 0.3 is 0 Å². The van der Waals surface area contributed by atoms with Crippen LogP contribution >= 0.6 is 0 Å². The molecular weight excluding hydrogens is 259 g/mol. The summed E-state index contributed by atoms with van der Waals surface area (Å²) in [6.07, 6.45) is 1.46. The number of hydrogen-bond donors (Lipinski definition) is 2. The highest BCUT2D eigenvalue weighted by Gasteiger charge is 2.09. The molecule has 6 heteroatoms. The highest BCUT2D eigenvalue weighted by atomic mass is 19.1. The number of nitrogens with one attached hydrogen (secondary N) is 1. The van der Waals surface area contributed by atoms with Crippen LogP contribution in [0.5, 0.6) is 0 Å². The second-order valence-corrected chi connectivity index (χ2v) is 4.11. The van der Waals surface area contributed by atoms with Crippen molar-refractivity contribution in [3.05, 3.63) is 53.6 Å². The van der Waals surface area contributed by atoms with Crippen LogP contribution in [0.15, 0.2) is 36.5 Å². The number of nitrogen functional groups attached to an aromatic ring is 1. The van der Waals surface area contributed by atoms with Gasteiger partial charge in [-0.3, -0.25) is 9.78 Å². The van der Waals surface area contributed by atoms with Gasteiger partial charge in [0.05, 0.1) is 35.6 Å². The SMILES string of the molecule is N#Cc1ccc(NC(=O)Cc2ccc(N)cn2)c(F)c1. The van der Waals surface area contributed by atoms with Gasteiger partial charge in [-0.25, -0.2) is 4.39 Å². The Kier molecular flexibility index (Phi) is 3.91. The van der Waals surface area contributed by atoms with Crippen molar-refractivity contribution in [3.63, 3.8) is 0 Å². The molecule has 20 heavy (non-hydrogen) atoms. The molecule has 2 rings (SSSR count). The van der Waals surface area contributed by atoms with Gasteiger partial charge in [-0.1, -0.05) is 0 Å². The fourth-order valence-electron chi connectivity index (χ4n) is 1.59. The quantitative estimate of drug-likeness (QED) is 0.890. The molecule has 0 saturated carbocycles. The Labute approximate surface area is 114 Å². The molecule has 100 valence electrons. The number of nitriles is 1. The van der Waals surface area contributed by atoms with Crippen molar-refractivity contribution in [1.29, 1.82) is 5.26 Å². The molecular formula is C14H11FN4O. The molecule has 0 saturated heterocycles. The van der Waals surface area contributed by atoms with Crippen molar-refractivity contribution in [2.45, 2.75) is 6.42 Å².